The van der Waals surface area contributed by atoms with Gasteiger partial charge in [0.1, 0.15) is 12.4 Å². The van der Waals surface area contributed by atoms with Crippen LogP contribution in [-0.2, 0) is 6.61 Å². The van der Waals surface area contributed by atoms with Gasteiger partial charge in [-0.05, 0) is 30.3 Å². The van der Waals surface area contributed by atoms with Gasteiger partial charge in [-0.1, -0.05) is 30.3 Å². The van der Waals surface area contributed by atoms with Crippen LogP contribution in [0.3, 0.4) is 0 Å². The van der Waals surface area contributed by atoms with E-state index in [0.29, 0.717) is 29.2 Å². The number of pyridine rings is 1. The van der Waals surface area contributed by atoms with Crippen LogP contribution >= 0.6 is 0 Å². The molecule has 2 heterocycles. The number of ether oxygens (including phenoxy) is 1. The van der Waals surface area contributed by atoms with E-state index in [2.05, 4.69) is 4.98 Å². The second kappa shape index (κ2) is 6.20. The van der Waals surface area contributed by atoms with Crippen molar-refractivity contribution in [2.24, 2.45) is 0 Å². The van der Waals surface area contributed by atoms with Gasteiger partial charge in [-0.25, -0.2) is 4.90 Å². The van der Waals surface area contributed by atoms with Crippen LogP contribution in [0.1, 0.15) is 26.3 Å². The van der Waals surface area contributed by atoms with Crippen molar-refractivity contribution in [3.63, 3.8) is 0 Å². The van der Waals surface area contributed by atoms with Crippen LogP contribution in [0.4, 0.5) is 5.69 Å². The fraction of sp³-hybridized carbons (Fsp3) is 0.0500. The molecular weight excluding hydrogens is 316 g/mol. The molecule has 0 unspecified atom stereocenters. The first-order chi connectivity index (χ1) is 12.3. The lowest BCUT2D eigenvalue weighted by atomic mass is 10.1. The largest absolute Gasteiger partial charge is 0.487 e. The number of amides is 2. The zero-order chi connectivity index (χ0) is 17.2. The van der Waals surface area contributed by atoms with E-state index in [1.165, 1.54) is 4.90 Å². The summed E-state index contributed by atoms with van der Waals surface area (Å²) in [5.74, 6) is -0.197. The Morgan fingerprint density at radius 2 is 1.52 bits per heavy atom. The minimum absolute atomic E-state index is 0.300. The van der Waals surface area contributed by atoms with Crippen molar-refractivity contribution in [2.75, 3.05) is 4.90 Å². The van der Waals surface area contributed by atoms with Crippen molar-refractivity contribution >= 4 is 17.5 Å². The minimum Gasteiger partial charge on any atom is -0.487 e. The van der Waals surface area contributed by atoms with Crippen molar-refractivity contribution < 1.29 is 14.3 Å². The molecule has 25 heavy (non-hydrogen) atoms. The van der Waals surface area contributed by atoms with E-state index in [-0.39, 0.29) is 11.8 Å². The van der Waals surface area contributed by atoms with E-state index in [1.807, 2.05) is 12.1 Å². The zero-order valence-corrected chi connectivity index (χ0v) is 13.3. The van der Waals surface area contributed by atoms with Gasteiger partial charge in [-0.3, -0.25) is 14.6 Å². The molecular formula is C20H14N2O3. The topological polar surface area (TPSA) is 59.5 Å². The Hall–Kier alpha value is -3.47. The number of carbonyl (C=O) groups excluding carboxylic acids is 2. The van der Waals surface area contributed by atoms with Crippen LogP contribution in [0.25, 0.3) is 0 Å². The summed E-state index contributed by atoms with van der Waals surface area (Å²) in [4.78, 5) is 30.6. The average molecular weight is 330 g/mol. The lowest BCUT2D eigenvalue weighted by molar-refractivity contribution is 0.0924. The van der Waals surface area contributed by atoms with Crippen molar-refractivity contribution in [1.29, 1.82) is 0 Å². The fourth-order valence-electron chi connectivity index (χ4n) is 2.82. The number of aromatic nitrogens is 1. The first-order valence-corrected chi connectivity index (χ1v) is 7.84. The summed E-state index contributed by atoms with van der Waals surface area (Å²) in [6.45, 7) is 0.300. The summed E-state index contributed by atoms with van der Waals surface area (Å²) in [6, 6.07) is 17.6. The summed E-state index contributed by atoms with van der Waals surface area (Å²) in [7, 11) is 0. The number of para-hydroxylation sites is 2. The number of fused-ring (bicyclic) bond motifs is 1. The molecule has 122 valence electrons. The lowest BCUT2D eigenvalue weighted by Gasteiger charge is -2.18. The Kier molecular flexibility index (Phi) is 3.74. The minimum atomic E-state index is -0.335. The van der Waals surface area contributed by atoms with E-state index in [4.69, 9.17) is 4.74 Å². The van der Waals surface area contributed by atoms with E-state index in [9.17, 15) is 9.59 Å². The second-order valence-electron chi connectivity index (χ2n) is 5.61. The Balaban J connectivity index is 1.66. The van der Waals surface area contributed by atoms with Gasteiger partial charge in [0.2, 0.25) is 0 Å². The average Bonchev–Trinajstić information content (AvgIpc) is 2.92. The molecule has 0 radical (unpaired) electrons. The van der Waals surface area contributed by atoms with Crippen molar-refractivity contribution in [3.8, 4) is 5.75 Å². The Bertz CT molecular complexity index is 919. The first-order valence-electron chi connectivity index (χ1n) is 7.84. The molecule has 0 aliphatic carbocycles. The Morgan fingerprint density at radius 1 is 0.840 bits per heavy atom. The molecule has 0 saturated carbocycles. The monoisotopic (exact) mass is 330 g/mol. The summed E-state index contributed by atoms with van der Waals surface area (Å²) < 4.78 is 5.84. The first kappa shape index (κ1) is 15.1. The van der Waals surface area contributed by atoms with Gasteiger partial charge in [0.25, 0.3) is 11.8 Å². The molecule has 5 nitrogen and oxygen atoms in total. The highest BCUT2D eigenvalue weighted by Gasteiger charge is 2.37. The number of benzene rings is 2. The molecule has 5 heteroatoms. The number of rotatable bonds is 4. The van der Waals surface area contributed by atoms with Crippen LogP contribution in [0.15, 0.2) is 73.1 Å². The van der Waals surface area contributed by atoms with Gasteiger partial charge in [-0.2, -0.15) is 0 Å². The molecule has 0 atom stereocenters. The van der Waals surface area contributed by atoms with Crippen LogP contribution in [-0.4, -0.2) is 16.8 Å². The maximum Gasteiger partial charge on any atom is 0.266 e. The molecule has 4 rings (SSSR count). The predicted molar refractivity (Wildman–Crippen MR) is 92.6 cm³/mol. The lowest BCUT2D eigenvalue weighted by Crippen LogP contribution is -2.29. The number of nitrogens with zero attached hydrogens (tertiary/aromatic N) is 2. The molecule has 3 aromatic rings. The standard InChI is InChI=1S/C20H14N2O3/c23-19-15-7-1-2-8-16(15)20(24)22(19)17-9-3-4-10-18(17)25-13-14-6-5-11-21-12-14/h1-12H,13H2. The summed E-state index contributed by atoms with van der Waals surface area (Å²) in [5, 5.41) is 0. The van der Waals surface area contributed by atoms with Gasteiger partial charge >= 0.3 is 0 Å². The third-order valence-electron chi connectivity index (χ3n) is 4.02. The van der Waals surface area contributed by atoms with Gasteiger partial charge < -0.3 is 4.74 Å². The SMILES string of the molecule is O=C1c2ccccc2C(=O)N1c1ccccc1OCc1cccnc1. The van der Waals surface area contributed by atoms with Crippen LogP contribution in [0.5, 0.6) is 5.75 Å². The maximum atomic E-state index is 12.7. The zero-order valence-electron chi connectivity index (χ0n) is 13.3. The van der Waals surface area contributed by atoms with Gasteiger partial charge in [0.15, 0.2) is 0 Å². The Morgan fingerprint density at radius 3 is 2.20 bits per heavy atom. The molecule has 1 aromatic heterocycles. The molecule has 2 amide bonds. The molecule has 0 N–H and O–H groups in total. The molecule has 0 spiro atoms. The summed E-state index contributed by atoms with van der Waals surface area (Å²) in [6.07, 6.45) is 3.40. The van der Waals surface area contributed by atoms with Gasteiger partial charge in [-0.15, -0.1) is 0 Å². The summed E-state index contributed by atoms with van der Waals surface area (Å²) in [5.41, 5.74) is 2.17. The van der Waals surface area contributed by atoms with E-state index < -0.39 is 0 Å². The summed E-state index contributed by atoms with van der Waals surface area (Å²) >= 11 is 0. The highest BCUT2D eigenvalue weighted by Crippen LogP contribution is 2.35. The predicted octanol–water partition coefficient (Wildman–Crippen LogP) is 3.46. The molecule has 1 aliphatic heterocycles. The van der Waals surface area contributed by atoms with Gasteiger partial charge in [0.05, 0.1) is 16.8 Å². The number of carbonyl (C=O) groups is 2. The van der Waals surface area contributed by atoms with Crippen molar-refractivity contribution in [2.45, 2.75) is 6.61 Å². The van der Waals surface area contributed by atoms with E-state index >= 15 is 0 Å². The van der Waals surface area contributed by atoms with Crippen molar-refractivity contribution in [1.82, 2.24) is 4.98 Å². The van der Waals surface area contributed by atoms with Crippen LogP contribution < -0.4 is 9.64 Å². The second-order valence-corrected chi connectivity index (χ2v) is 5.61. The smallest absolute Gasteiger partial charge is 0.266 e. The maximum absolute atomic E-state index is 12.7. The van der Waals surface area contributed by atoms with Gasteiger partial charge in [0, 0.05) is 18.0 Å². The number of imide groups is 1. The molecule has 1 aliphatic rings. The molecule has 0 saturated heterocycles. The Labute approximate surface area is 144 Å². The third kappa shape index (κ3) is 2.65. The molecule has 2 aromatic carbocycles. The third-order valence-corrected chi connectivity index (χ3v) is 4.02. The highest BCUT2D eigenvalue weighted by molar-refractivity contribution is 6.34. The van der Waals surface area contributed by atoms with Crippen LogP contribution in [0.2, 0.25) is 0 Å². The fourth-order valence-corrected chi connectivity index (χ4v) is 2.82. The van der Waals surface area contributed by atoms with Crippen molar-refractivity contribution in [3.05, 3.63) is 89.7 Å². The van der Waals surface area contributed by atoms with E-state index in [1.54, 1.807) is 60.9 Å². The van der Waals surface area contributed by atoms with Crippen LogP contribution in [0, 0.1) is 0 Å². The molecule has 0 fully saturated rings. The van der Waals surface area contributed by atoms with E-state index in [0.717, 1.165) is 5.56 Å². The molecule has 0 bridgehead atoms. The number of hydrogen-bond donors (Lipinski definition) is 0. The number of anilines is 1. The number of hydrogen-bond acceptors (Lipinski definition) is 4. The quantitative estimate of drug-likeness (QED) is 0.687. The normalized spacial score (nSPS) is 13.0. The highest BCUT2D eigenvalue weighted by atomic mass is 16.5.